The fraction of sp³-hybridized carbons (Fsp3) is 0.444. The van der Waals surface area contributed by atoms with Crippen LogP contribution in [0.1, 0.15) is 27.7 Å². The second kappa shape index (κ2) is 8.10. The summed E-state index contributed by atoms with van der Waals surface area (Å²) < 4.78 is 0. The molecule has 1 aliphatic carbocycles. The molecule has 0 amide bonds. The molecule has 0 bridgehead atoms. The van der Waals surface area contributed by atoms with Gasteiger partial charge < -0.3 is 48.0 Å². The molecular formula is C9H13I2Sb-2. The first-order valence-corrected chi connectivity index (χ1v) is 3.33. The van der Waals surface area contributed by atoms with Crippen LogP contribution >= 0.6 is 0 Å². The van der Waals surface area contributed by atoms with Gasteiger partial charge in [-0.1, -0.05) is 29.7 Å². The smallest absolute Gasteiger partial charge is 0.0224 e. The Balaban J connectivity index is -0.000000270. The molecule has 0 saturated heterocycles. The van der Waals surface area contributed by atoms with Crippen LogP contribution < -0.4 is 48.0 Å². The maximum atomic E-state index is 2.24. The number of rotatable bonds is 0. The maximum Gasteiger partial charge on any atom is 0.0224 e. The molecule has 1 aliphatic rings. The van der Waals surface area contributed by atoms with Gasteiger partial charge in [-0.25, -0.2) is 0 Å². The van der Waals surface area contributed by atoms with Crippen LogP contribution in [0.4, 0.5) is 0 Å². The van der Waals surface area contributed by atoms with Gasteiger partial charge in [-0.15, -0.1) is 0 Å². The Labute approximate surface area is 127 Å². The molecule has 0 N–H and O–H groups in total. The van der Waals surface area contributed by atoms with Crippen LogP contribution in [0, 0.1) is 5.92 Å². The molecule has 3 heteroatoms. The molecule has 1 rings (SSSR count). The van der Waals surface area contributed by atoms with E-state index in [-0.39, 0.29) is 72.4 Å². The third-order valence-electron chi connectivity index (χ3n) is 2.18. The summed E-state index contributed by atoms with van der Waals surface area (Å²) in [6.07, 6.45) is 2.24. The van der Waals surface area contributed by atoms with Crippen molar-refractivity contribution in [2.75, 3.05) is 0 Å². The molecule has 0 aliphatic heterocycles. The molecule has 0 unspecified atom stereocenters. The largest absolute Gasteiger partial charge is 1.00 e. The third kappa shape index (κ3) is 4.32. The third-order valence-corrected chi connectivity index (χ3v) is 2.18. The number of halogens is 2. The first-order chi connectivity index (χ1) is 4.13. The molecule has 0 nitrogen and oxygen atoms in total. The zero-order valence-electron chi connectivity index (χ0n) is 7.78. The SMILES string of the molecule is C[C]1C(C)=CC(C)=C1C.[I-].[I-].[Sb]. The zero-order chi connectivity index (χ0) is 7.02. The van der Waals surface area contributed by atoms with E-state index in [0.29, 0.717) is 0 Å². The summed E-state index contributed by atoms with van der Waals surface area (Å²) in [6, 6.07) is 0. The van der Waals surface area contributed by atoms with Gasteiger partial charge in [0.25, 0.3) is 0 Å². The van der Waals surface area contributed by atoms with Gasteiger partial charge in [-0.05, 0) is 20.8 Å². The summed E-state index contributed by atoms with van der Waals surface area (Å²) in [5.74, 6) is 1.45. The van der Waals surface area contributed by atoms with Crippen molar-refractivity contribution in [2.24, 2.45) is 0 Å². The van der Waals surface area contributed by atoms with Crippen molar-refractivity contribution >= 4 is 24.4 Å². The van der Waals surface area contributed by atoms with E-state index in [2.05, 4.69) is 33.8 Å². The molecule has 0 heterocycles. The monoisotopic (exact) mass is 496 g/mol. The molecule has 0 fully saturated rings. The van der Waals surface area contributed by atoms with E-state index in [4.69, 9.17) is 0 Å². The van der Waals surface area contributed by atoms with E-state index in [1.165, 1.54) is 22.6 Å². The normalized spacial score (nSPS) is 15.8. The van der Waals surface area contributed by atoms with E-state index >= 15 is 0 Å². The molecule has 0 atom stereocenters. The van der Waals surface area contributed by atoms with Gasteiger partial charge in [-0.3, -0.25) is 0 Å². The average molecular weight is 497 g/mol. The zero-order valence-corrected chi connectivity index (χ0v) is 14.6. The van der Waals surface area contributed by atoms with Crippen LogP contribution in [-0.2, 0) is 0 Å². The summed E-state index contributed by atoms with van der Waals surface area (Å²) in [4.78, 5) is 0. The molecule has 0 aromatic heterocycles. The van der Waals surface area contributed by atoms with E-state index < -0.39 is 0 Å². The van der Waals surface area contributed by atoms with E-state index in [1.54, 1.807) is 0 Å². The second-order valence-corrected chi connectivity index (χ2v) is 2.76. The molecule has 12 heavy (non-hydrogen) atoms. The molecule has 0 aromatic rings. The fourth-order valence-electron chi connectivity index (χ4n) is 1.13. The molecule has 70 valence electrons. The van der Waals surface area contributed by atoms with Crippen molar-refractivity contribution in [1.29, 1.82) is 0 Å². The van der Waals surface area contributed by atoms with Crippen LogP contribution in [0.15, 0.2) is 22.8 Å². The van der Waals surface area contributed by atoms with Gasteiger partial charge in [0.2, 0.25) is 0 Å². The Morgan fingerprint density at radius 1 is 0.917 bits per heavy atom. The molecule has 4 radical (unpaired) electrons. The molecule has 0 aromatic carbocycles. The van der Waals surface area contributed by atoms with Gasteiger partial charge in [0, 0.05) is 30.3 Å². The Kier molecular flexibility index (Phi) is 13.1. The standard InChI is InChI=1S/C9H13.2HI.Sb/c1-6-5-7(2)9(4)8(6)3;;;/h5H,1-4H3;2*1H;/p-2. The Hall–Kier alpha value is 1.76. The van der Waals surface area contributed by atoms with E-state index in [0.717, 1.165) is 0 Å². The summed E-state index contributed by atoms with van der Waals surface area (Å²) in [5.41, 5.74) is 4.29. The van der Waals surface area contributed by atoms with Gasteiger partial charge in [0.15, 0.2) is 0 Å². The average Bonchev–Trinajstić information content (AvgIpc) is 1.98. The minimum absolute atomic E-state index is 0. The maximum absolute atomic E-state index is 2.24. The Morgan fingerprint density at radius 2 is 1.33 bits per heavy atom. The molecule has 0 spiro atoms. The first-order valence-electron chi connectivity index (χ1n) is 3.33. The second-order valence-electron chi connectivity index (χ2n) is 2.76. The predicted octanol–water partition coefficient (Wildman–Crippen LogP) is -3.50. The van der Waals surface area contributed by atoms with Crippen molar-refractivity contribution < 1.29 is 48.0 Å². The topological polar surface area (TPSA) is 0 Å². The van der Waals surface area contributed by atoms with Crippen molar-refractivity contribution in [3.8, 4) is 0 Å². The van der Waals surface area contributed by atoms with Gasteiger partial charge in [0.1, 0.15) is 0 Å². The summed E-state index contributed by atoms with van der Waals surface area (Å²) in [7, 11) is 0. The van der Waals surface area contributed by atoms with Crippen LogP contribution in [0.25, 0.3) is 0 Å². The van der Waals surface area contributed by atoms with E-state index in [9.17, 15) is 0 Å². The minimum atomic E-state index is 0. The van der Waals surface area contributed by atoms with Crippen molar-refractivity contribution in [3.05, 3.63) is 28.7 Å². The summed E-state index contributed by atoms with van der Waals surface area (Å²) >= 11 is 0. The van der Waals surface area contributed by atoms with Crippen LogP contribution in [0.5, 0.6) is 0 Å². The Bertz CT molecular complexity index is 195. The number of hydrogen-bond acceptors (Lipinski definition) is 0. The first kappa shape index (κ1) is 19.3. The van der Waals surface area contributed by atoms with Crippen LogP contribution in [0.2, 0.25) is 0 Å². The Morgan fingerprint density at radius 3 is 1.42 bits per heavy atom. The van der Waals surface area contributed by atoms with Crippen LogP contribution in [-0.4, -0.2) is 24.4 Å². The quantitative estimate of drug-likeness (QED) is 0.241. The van der Waals surface area contributed by atoms with Gasteiger partial charge >= 0.3 is 0 Å². The minimum Gasteiger partial charge on any atom is -1.00 e. The molecular weight excluding hydrogens is 484 g/mol. The summed E-state index contributed by atoms with van der Waals surface area (Å²) in [6.45, 7) is 8.68. The van der Waals surface area contributed by atoms with E-state index in [1.807, 2.05) is 0 Å². The summed E-state index contributed by atoms with van der Waals surface area (Å²) in [5, 5.41) is 0. The predicted molar refractivity (Wildman–Crippen MR) is 46.8 cm³/mol. The van der Waals surface area contributed by atoms with Crippen LogP contribution in [0.3, 0.4) is 0 Å². The van der Waals surface area contributed by atoms with Gasteiger partial charge in [0.05, 0.1) is 0 Å². The number of hydrogen-bond donors (Lipinski definition) is 0. The fourth-order valence-corrected chi connectivity index (χ4v) is 1.13. The van der Waals surface area contributed by atoms with Crippen molar-refractivity contribution in [3.63, 3.8) is 0 Å². The number of allylic oxidation sites excluding steroid dienone is 4. The van der Waals surface area contributed by atoms with Crippen molar-refractivity contribution in [2.45, 2.75) is 27.7 Å². The molecule has 0 saturated carbocycles. The van der Waals surface area contributed by atoms with Gasteiger partial charge in [-0.2, -0.15) is 0 Å². The van der Waals surface area contributed by atoms with Crippen molar-refractivity contribution in [1.82, 2.24) is 0 Å².